The van der Waals surface area contributed by atoms with Crippen molar-refractivity contribution in [3.05, 3.63) is 90.0 Å². The summed E-state index contributed by atoms with van der Waals surface area (Å²) in [6.07, 6.45) is 3.75. The minimum atomic E-state index is -1.07. The molecule has 0 bridgehead atoms. The molecule has 4 unspecified atom stereocenters. The lowest BCUT2D eigenvalue weighted by atomic mass is 9.89. The number of ketones is 1. The zero-order valence-electron chi connectivity index (χ0n) is 21.6. The molecule has 0 saturated carbocycles. The van der Waals surface area contributed by atoms with Gasteiger partial charge in [-0.15, -0.1) is 0 Å². The average molecular weight is 537 g/mol. The number of carbonyl (C=O) groups is 5. The Balaban J connectivity index is 1.37. The number of ether oxygens (including phenoxy) is 2. The molecule has 0 aliphatic carbocycles. The highest BCUT2D eigenvalue weighted by atomic mass is 16.5. The smallest absolute Gasteiger partial charge is 0.335 e. The van der Waals surface area contributed by atoms with Crippen LogP contribution in [0.15, 0.2) is 78.9 Å². The van der Waals surface area contributed by atoms with Gasteiger partial charge in [-0.25, -0.2) is 9.69 Å². The number of fused-ring (bicyclic) bond motifs is 5. The van der Waals surface area contributed by atoms with Gasteiger partial charge in [-0.05, 0) is 67.1 Å². The normalized spacial score (nSPS) is 22.4. The highest BCUT2D eigenvalue weighted by Crippen LogP contribution is 2.49. The van der Waals surface area contributed by atoms with Crippen molar-refractivity contribution >= 4 is 47.0 Å². The topological polar surface area (TPSA) is 110 Å². The van der Waals surface area contributed by atoms with E-state index in [4.69, 9.17) is 9.47 Å². The first kappa shape index (κ1) is 25.2. The van der Waals surface area contributed by atoms with E-state index in [1.165, 1.54) is 50.2 Å². The lowest BCUT2D eigenvalue weighted by Gasteiger charge is -2.36. The third kappa shape index (κ3) is 4.07. The third-order valence-corrected chi connectivity index (χ3v) is 7.49. The summed E-state index contributed by atoms with van der Waals surface area (Å²) >= 11 is 0. The molecule has 3 aromatic rings. The molecule has 3 aliphatic rings. The SMILES string of the molecule is CC(=O)Oc1ccc(N2C(=O)C3C(C2=O)C(C(=O)Oc2ccc(C(C)=O)cc2)N2c4ccccc4C=CC32)cc1. The number of anilines is 2. The summed E-state index contributed by atoms with van der Waals surface area (Å²) in [5.41, 5.74) is 2.39. The Kier molecular flexibility index (Phi) is 6.06. The zero-order valence-corrected chi connectivity index (χ0v) is 21.6. The van der Waals surface area contributed by atoms with Crippen LogP contribution in [0.1, 0.15) is 29.8 Å². The van der Waals surface area contributed by atoms with Crippen LogP contribution in [0, 0.1) is 11.8 Å². The Morgan fingerprint density at radius 2 is 1.38 bits per heavy atom. The van der Waals surface area contributed by atoms with Gasteiger partial charge in [0.1, 0.15) is 17.5 Å². The molecule has 9 heteroatoms. The number of hydrogen-bond donors (Lipinski definition) is 0. The minimum Gasteiger partial charge on any atom is -0.427 e. The molecule has 2 fully saturated rings. The van der Waals surface area contributed by atoms with Crippen molar-refractivity contribution in [2.45, 2.75) is 25.9 Å². The molecule has 3 heterocycles. The second-order valence-electron chi connectivity index (χ2n) is 9.91. The van der Waals surface area contributed by atoms with E-state index < -0.39 is 47.7 Å². The maximum absolute atomic E-state index is 13.9. The number of Topliss-reactive ketones (excluding diaryl/α,β-unsaturated/α-hetero) is 1. The first-order valence-electron chi connectivity index (χ1n) is 12.8. The maximum Gasteiger partial charge on any atom is 0.335 e. The summed E-state index contributed by atoms with van der Waals surface area (Å²) in [6.45, 7) is 2.72. The highest BCUT2D eigenvalue weighted by molar-refractivity contribution is 6.24. The number of benzene rings is 3. The van der Waals surface area contributed by atoms with Crippen LogP contribution in [-0.4, -0.2) is 41.6 Å². The molecule has 0 radical (unpaired) electrons. The van der Waals surface area contributed by atoms with Crippen molar-refractivity contribution in [1.29, 1.82) is 0 Å². The van der Waals surface area contributed by atoms with Gasteiger partial charge in [-0.1, -0.05) is 30.4 Å². The van der Waals surface area contributed by atoms with Crippen LogP contribution in [0.4, 0.5) is 11.4 Å². The lowest BCUT2D eigenvalue weighted by Crippen LogP contribution is -2.50. The van der Waals surface area contributed by atoms with Crippen molar-refractivity contribution in [2.75, 3.05) is 9.80 Å². The second kappa shape index (κ2) is 9.60. The Morgan fingerprint density at radius 3 is 2.05 bits per heavy atom. The Hall–Kier alpha value is -5.05. The van der Waals surface area contributed by atoms with E-state index in [2.05, 4.69) is 0 Å². The van der Waals surface area contributed by atoms with Crippen molar-refractivity contribution in [1.82, 2.24) is 0 Å². The predicted molar refractivity (Wildman–Crippen MR) is 145 cm³/mol. The van der Waals surface area contributed by atoms with E-state index >= 15 is 0 Å². The number of hydrogen-bond acceptors (Lipinski definition) is 8. The molecule has 0 aromatic heterocycles. The molecular weight excluding hydrogens is 512 g/mol. The number of rotatable bonds is 5. The van der Waals surface area contributed by atoms with Gasteiger partial charge in [0.15, 0.2) is 5.78 Å². The number of carbonyl (C=O) groups excluding carboxylic acids is 5. The number of para-hydroxylation sites is 1. The van der Waals surface area contributed by atoms with Crippen molar-refractivity contribution in [2.24, 2.45) is 11.8 Å². The number of amides is 2. The van der Waals surface area contributed by atoms with E-state index in [1.54, 1.807) is 12.1 Å². The van der Waals surface area contributed by atoms with Gasteiger partial charge in [0.2, 0.25) is 11.8 Å². The van der Waals surface area contributed by atoms with E-state index in [-0.39, 0.29) is 17.3 Å². The van der Waals surface area contributed by atoms with Gasteiger partial charge in [0.05, 0.1) is 23.6 Å². The number of nitrogens with zero attached hydrogens (tertiary/aromatic N) is 2. The molecule has 40 heavy (non-hydrogen) atoms. The Morgan fingerprint density at radius 1 is 0.750 bits per heavy atom. The summed E-state index contributed by atoms with van der Waals surface area (Å²) in [7, 11) is 0. The second-order valence-corrected chi connectivity index (χ2v) is 9.91. The molecule has 0 N–H and O–H groups in total. The fourth-order valence-corrected chi connectivity index (χ4v) is 5.80. The molecule has 2 amide bonds. The van der Waals surface area contributed by atoms with E-state index in [0.717, 1.165) is 16.2 Å². The van der Waals surface area contributed by atoms with Crippen molar-refractivity contribution in [3.8, 4) is 11.5 Å². The molecule has 4 atom stereocenters. The van der Waals surface area contributed by atoms with Crippen molar-refractivity contribution < 1.29 is 33.4 Å². The predicted octanol–water partition coefficient (Wildman–Crippen LogP) is 3.81. The van der Waals surface area contributed by atoms with Crippen LogP contribution in [-0.2, 0) is 19.2 Å². The monoisotopic (exact) mass is 536 g/mol. The quantitative estimate of drug-likeness (QED) is 0.210. The zero-order chi connectivity index (χ0) is 28.1. The molecule has 9 nitrogen and oxygen atoms in total. The van der Waals surface area contributed by atoms with Gasteiger partial charge in [0, 0.05) is 18.2 Å². The van der Waals surface area contributed by atoms with Crippen LogP contribution < -0.4 is 19.3 Å². The van der Waals surface area contributed by atoms with Gasteiger partial charge in [-0.2, -0.15) is 0 Å². The largest absolute Gasteiger partial charge is 0.427 e. The fraction of sp³-hybridized carbons (Fsp3) is 0.194. The van der Waals surface area contributed by atoms with Crippen LogP contribution in [0.2, 0.25) is 0 Å². The summed E-state index contributed by atoms with van der Waals surface area (Å²) in [5.74, 6) is -3.51. The van der Waals surface area contributed by atoms with Crippen LogP contribution >= 0.6 is 0 Å². The Bertz CT molecular complexity index is 1590. The first-order chi connectivity index (χ1) is 19.2. The van der Waals surface area contributed by atoms with Crippen LogP contribution in [0.3, 0.4) is 0 Å². The fourth-order valence-electron chi connectivity index (χ4n) is 5.80. The third-order valence-electron chi connectivity index (χ3n) is 7.49. The standard InChI is InChI=1S/C31H24N2O7/c1-17(34)19-7-12-23(13-8-19)40-31(38)28-27-26(25-16-9-20-5-3-4-6-24(20)33(25)28)29(36)32(30(27)37)21-10-14-22(15-11-21)39-18(2)35/h3-16,25-28H,1-2H3. The molecule has 2 saturated heterocycles. The van der Waals surface area contributed by atoms with Gasteiger partial charge >= 0.3 is 11.9 Å². The number of imide groups is 1. The van der Waals surface area contributed by atoms with Gasteiger partial charge in [0.25, 0.3) is 0 Å². The van der Waals surface area contributed by atoms with E-state index in [9.17, 15) is 24.0 Å². The molecule has 200 valence electrons. The summed E-state index contributed by atoms with van der Waals surface area (Å²) in [6, 6.07) is 18.1. The molecule has 3 aromatic carbocycles. The number of esters is 2. The van der Waals surface area contributed by atoms with E-state index in [1.807, 2.05) is 41.3 Å². The van der Waals surface area contributed by atoms with Crippen LogP contribution in [0.25, 0.3) is 6.08 Å². The minimum absolute atomic E-state index is 0.118. The Labute approximate surface area is 229 Å². The van der Waals surface area contributed by atoms with Gasteiger partial charge < -0.3 is 14.4 Å². The first-order valence-corrected chi connectivity index (χ1v) is 12.8. The molecule has 0 spiro atoms. The maximum atomic E-state index is 13.9. The van der Waals surface area contributed by atoms with E-state index in [0.29, 0.717) is 11.3 Å². The average Bonchev–Trinajstić information content (AvgIpc) is 3.42. The summed E-state index contributed by atoms with van der Waals surface area (Å²) in [4.78, 5) is 67.4. The molecule has 6 rings (SSSR count). The molecule has 3 aliphatic heterocycles. The van der Waals surface area contributed by atoms with Crippen molar-refractivity contribution in [3.63, 3.8) is 0 Å². The lowest BCUT2D eigenvalue weighted by molar-refractivity contribution is -0.139. The van der Waals surface area contributed by atoms with Crippen LogP contribution in [0.5, 0.6) is 11.5 Å². The summed E-state index contributed by atoms with van der Waals surface area (Å²) in [5, 5.41) is 0. The molecular formula is C31H24N2O7. The highest BCUT2D eigenvalue weighted by Gasteiger charge is 2.65. The summed E-state index contributed by atoms with van der Waals surface area (Å²) < 4.78 is 10.8. The van der Waals surface area contributed by atoms with Gasteiger partial charge in [-0.3, -0.25) is 19.2 Å².